The molecule has 0 unspecified atom stereocenters. The molecule has 0 atom stereocenters. The summed E-state index contributed by atoms with van der Waals surface area (Å²) in [6, 6.07) is 2.84. The maximum atomic E-state index is 14.6. The number of halogens is 2. The summed E-state index contributed by atoms with van der Waals surface area (Å²) in [6.45, 7) is 8.62. The lowest BCUT2D eigenvalue weighted by molar-refractivity contribution is 0.0240. The van der Waals surface area contributed by atoms with E-state index in [9.17, 15) is 13.6 Å². The Bertz CT molecular complexity index is 638. The quantitative estimate of drug-likeness (QED) is 0.800. The van der Waals surface area contributed by atoms with Crippen LogP contribution in [0.2, 0.25) is 0 Å². The molecule has 0 aliphatic carbocycles. The van der Waals surface area contributed by atoms with Crippen LogP contribution < -0.4 is 9.80 Å². The highest BCUT2D eigenvalue weighted by Crippen LogP contribution is 2.31. The Balaban J connectivity index is 1.66. The van der Waals surface area contributed by atoms with Gasteiger partial charge in [0.1, 0.15) is 11.3 Å². The van der Waals surface area contributed by atoms with Crippen molar-refractivity contribution in [2.24, 2.45) is 0 Å². The van der Waals surface area contributed by atoms with Crippen LogP contribution in [0.1, 0.15) is 33.6 Å². The van der Waals surface area contributed by atoms with Crippen LogP contribution in [0.25, 0.3) is 0 Å². The second kappa shape index (κ2) is 7.29. The molecule has 0 N–H and O–H groups in total. The van der Waals surface area contributed by atoms with Crippen LogP contribution >= 0.6 is 0 Å². The van der Waals surface area contributed by atoms with Crippen molar-refractivity contribution in [3.63, 3.8) is 0 Å². The molecule has 2 aliphatic rings. The normalized spacial score (nSPS) is 18.4. The standard InChI is InChI=1S/C19H27F2N3O2/c1-19(2,3)26-18(25)24-10-8-23(9-11-24)17-15(20)12-14(13-16(17)21)22-6-4-5-7-22/h12-13H,4-11H2,1-3H3. The van der Waals surface area contributed by atoms with Gasteiger partial charge in [-0.3, -0.25) is 0 Å². The van der Waals surface area contributed by atoms with Crippen LogP contribution in [0.15, 0.2) is 12.1 Å². The topological polar surface area (TPSA) is 36.0 Å². The largest absolute Gasteiger partial charge is 0.444 e. The van der Waals surface area contributed by atoms with E-state index < -0.39 is 17.2 Å². The van der Waals surface area contributed by atoms with Gasteiger partial charge in [-0.25, -0.2) is 13.6 Å². The lowest BCUT2D eigenvalue weighted by Crippen LogP contribution is -2.50. The van der Waals surface area contributed by atoms with Crippen LogP contribution in [-0.2, 0) is 4.74 Å². The lowest BCUT2D eigenvalue weighted by atomic mass is 10.2. The van der Waals surface area contributed by atoms with Crippen molar-refractivity contribution in [2.45, 2.75) is 39.2 Å². The maximum Gasteiger partial charge on any atom is 0.410 e. The van der Waals surface area contributed by atoms with E-state index in [2.05, 4.69) is 0 Å². The first kappa shape index (κ1) is 18.7. The predicted molar refractivity (Wildman–Crippen MR) is 97.8 cm³/mol. The van der Waals surface area contributed by atoms with E-state index in [1.807, 2.05) is 25.7 Å². The van der Waals surface area contributed by atoms with Crippen molar-refractivity contribution < 1.29 is 18.3 Å². The fourth-order valence-corrected chi connectivity index (χ4v) is 3.45. The number of benzene rings is 1. The van der Waals surface area contributed by atoms with Gasteiger partial charge in [0.05, 0.1) is 0 Å². The van der Waals surface area contributed by atoms with E-state index >= 15 is 0 Å². The number of hydrogen-bond donors (Lipinski definition) is 0. The zero-order valence-electron chi connectivity index (χ0n) is 15.7. The highest BCUT2D eigenvalue weighted by atomic mass is 19.1. The number of hydrogen-bond acceptors (Lipinski definition) is 4. The fraction of sp³-hybridized carbons (Fsp3) is 0.632. The molecule has 0 aromatic heterocycles. The van der Waals surface area contributed by atoms with E-state index in [1.165, 1.54) is 12.1 Å². The van der Waals surface area contributed by atoms with Gasteiger partial charge in [-0.15, -0.1) is 0 Å². The Kier molecular flexibility index (Phi) is 5.25. The molecule has 0 radical (unpaired) electrons. The van der Waals surface area contributed by atoms with Crippen LogP contribution in [-0.4, -0.2) is 55.9 Å². The smallest absolute Gasteiger partial charge is 0.410 e. The number of carbonyl (C=O) groups is 1. The Morgan fingerprint density at radius 2 is 1.46 bits per heavy atom. The zero-order chi connectivity index (χ0) is 18.9. The van der Waals surface area contributed by atoms with Gasteiger partial charge in [0.25, 0.3) is 0 Å². The molecule has 1 aromatic carbocycles. The molecule has 1 aromatic rings. The Morgan fingerprint density at radius 1 is 0.923 bits per heavy atom. The summed E-state index contributed by atoms with van der Waals surface area (Å²) in [6.07, 6.45) is 1.72. The molecule has 2 aliphatic heterocycles. The maximum absolute atomic E-state index is 14.6. The molecular weight excluding hydrogens is 340 g/mol. The number of piperazine rings is 1. The fourth-order valence-electron chi connectivity index (χ4n) is 3.45. The second-order valence-electron chi connectivity index (χ2n) is 7.91. The number of rotatable bonds is 2. The molecule has 2 heterocycles. The molecule has 3 rings (SSSR count). The summed E-state index contributed by atoms with van der Waals surface area (Å²) in [5.74, 6) is -1.09. The van der Waals surface area contributed by atoms with Crippen LogP contribution in [0.4, 0.5) is 25.0 Å². The Hall–Kier alpha value is -2.05. The summed E-state index contributed by atoms with van der Waals surface area (Å²) < 4.78 is 34.6. The van der Waals surface area contributed by atoms with Crippen molar-refractivity contribution in [3.05, 3.63) is 23.8 Å². The van der Waals surface area contributed by atoms with E-state index in [1.54, 1.807) is 9.80 Å². The molecule has 0 saturated carbocycles. The van der Waals surface area contributed by atoms with Crippen LogP contribution in [0.5, 0.6) is 0 Å². The number of carbonyl (C=O) groups excluding carboxylic acids is 1. The minimum absolute atomic E-state index is 0.00298. The van der Waals surface area contributed by atoms with E-state index in [4.69, 9.17) is 4.74 Å². The zero-order valence-corrected chi connectivity index (χ0v) is 15.7. The molecule has 1 amide bonds. The molecule has 0 bridgehead atoms. The first-order valence-corrected chi connectivity index (χ1v) is 9.21. The monoisotopic (exact) mass is 367 g/mol. The minimum Gasteiger partial charge on any atom is -0.444 e. The third kappa shape index (κ3) is 4.19. The first-order valence-electron chi connectivity index (χ1n) is 9.21. The predicted octanol–water partition coefficient (Wildman–Crippen LogP) is 3.62. The molecule has 2 fully saturated rings. The Labute approximate surface area is 153 Å². The third-order valence-electron chi connectivity index (χ3n) is 4.72. The van der Waals surface area contributed by atoms with E-state index in [-0.39, 0.29) is 11.8 Å². The average molecular weight is 367 g/mol. The summed E-state index contributed by atoms with van der Waals surface area (Å²) in [5.41, 5.74) is 0.0445. The second-order valence-corrected chi connectivity index (χ2v) is 7.91. The summed E-state index contributed by atoms with van der Waals surface area (Å²) >= 11 is 0. The van der Waals surface area contributed by atoms with Gasteiger partial charge in [0.2, 0.25) is 0 Å². The molecule has 26 heavy (non-hydrogen) atoms. The van der Waals surface area contributed by atoms with Crippen molar-refractivity contribution >= 4 is 17.5 Å². The first-order chi connectivity index (χ1) is 12.2. The highest BCUT2D eigenvalue weighted by Gasteiger charge is 2.28. The van der Waals surface area contributed by atoms with Gasteiger partial charge < -0.3 is 19.4 Å². The number of ether oxygens (including phenoxy) is 1. The summed E-state index contributed by atoms with van der Waals surface area (Å²) in [5, 5.41) is 0. The van der Waals surface area contributed by atoms with Crippen molar-refractivity contribution in [3.8, 4) is 0 Å². The molecule has 2 saturated heterocycles. The number of amides is 1. The van der Waals surface area contributed by atoms with E-state index in [0.717, 1.165) is 25.9 Å². The van der Waals surface area contributed by atoms with Gasteiger partial charge >= 0.3 is 6.09 Å². The van der Waals surface area contributed by atoms with Gasteiger partial charge in [0, 0.05) is 45.0 Å². The van der Waals surface area contributed by atoms with Crippen molar-refractivity contribution in [1.29, 1.82) is 0 Å². The van der Waals surface area contributed by atoms with Gasteiger partial charge in [-0.1, -0.05) is 0 Å². The third-order valence-corrected chi connectivity index (χ3v) is 4.72. The van der Waals surface area contributed by atoms with Gasteiger partial charge in [-0.2, -0.15) is 0 Å². The van der Waals surface area contributed by atoms with Gasteiger partial charge in [-0.05, 0) is 45.7 Å². The highest BCUT2D eigenvalue weighted by molar-refractivity contribution is 5.69. The van der Waals surface area contributed by atoms with E-state index in [0.29, 0.717) is 31.9 Å². The molecule has 7 heteroatoms. The minimum atomic E-state index is -0.558. The lowest BCUT2D eigenvalue weighted by Gasteiger charge is -2.37. The number of anilines is 2. The molecular formula is C19H27F2N3O2. The van der Waals surface area contributed by atoms with Crippen molar-refractivity contribution in [2.75, 3.05) is 49.1 Å². The SMILES string of the molecule is CC(C)(C)OC(=O)N1CCN(c2c(F)cc(N3CCCC3)cc2F)CC1. The molecule has 0 spiro atoms. The molecule has 144 valence electrons. The summed E-state index contributed by atoms with van der Waals surface area (Å²) in [4.78, 5) is 17.4. The number of nitrogens with zero attached hydrogens (tertiary/aromatic N) is 3. The molecule has 5 nitrogen and oxygen atoms in total. The Morgan fingerprint density at radius 3 is 1.96 bits per heavy atom. The summed E-state index contributed by atoms with van der Waals surface area (Å²) in [7, 11) is 0. The van der Waals surface area contributed by atoms with Crippen LogP contribution in [0.3, 0.4) is 0 Å². The average Bonchev–Trinajstić information content (AvgIpc) is 3.07. The van der Waals surface area contributed by atoms with Crippen LogP contribution in [0, 0.1) is 11.6 Å². The van der Waals surface area contributed by atoms with Crippen molar-refractivity contribution in [1.82, 2.24) is 4.90 Å². The van der Waals surface area contributed by atoms with Gasteiger partial charge in [0.15, 0.2) is 11.6 Å².